The summed E-state index contributed by atoms with van der Waals surface area (Å²) in [7, 11) is -3.76. The molecule has 0 saturated heterocycles. The molecule has 0 radical (unpaired) electrons. The van der Waals surface area contributed by atoms with Crippen LogP contribution in [-0.4, -0.2) is 30.0 Å². The first-order chi connectivity index (χ1) is 14.9. The summed E-state index contributed by atoms with van der Waals surface area (Å²) < 4.78 is 41.1. The topological polar surface area (TPSA) is 128 Å². The van der Waals surface area contributed by atoms with Gasteiger partial charge in [0.2, 0.25) is 15.9 Å². The number of hydrogen-bond donors (Lipinski definition) is 3. The molecule has 8 nitrogen and oxygen atoms in total. The quantitative estimate of drug-likeness (QED) is 0.459. The predicted molar refractivity (Wildman–Crippen MR) is 115 cm³/mol. The minimum atomic E-state index is -3.76. The smallest absolute Gasteiger partial charge is 0.232 e. The highest BCUT2D eigenvalue weighted by Crippen LogP contribution is 2.34. The highest BCUT2D eigenvalue weighted by atomic mass is 32.2. The number of benzene rings is 1. The van der Waals surface area contributed by atoms with Crippen molar-refractivity contribution in [2.75, 3.05) is 15.8 Å². The Kier molecular flexibility index (Phi) is 5.61. The lowest BCUT2D eigenvalue weighted by Crippen LogP contribution is -2.17. The van der Waals surface area contributed by atoms with E-state index in [1.165, 1.54) is 12.1 Å². The van der Waals surface area contributed by atoms with Gasteiger partial charge in [-0.1, -0.05) is 6.07 Å². The molecule has 1 aromatic carbocycles. The first-order valence-corrected chi connectivity index (χ1v) is 11.5. The largest absolute Gasteiger partial charge is 0.346 e. The number of sulfonamides is 1. The second-order valence-corrected chi connectivity index (χ2v) is 9.28. The summed E-state index contributed by atoms with van der Waals surface area (Å²) in [5.41, 5.74) is 1.55. The molecule has 1 aliphatic carbocycles. The number of amides is 1. The van der Waals surface area contributed by atoms with E-state index in [4.69, 9.17) is 5.26 Å². The molecule has 10 heteroatoms. The molecule has 1 aliphatic rings. The molecule has 1 fully saturated rings. The third-order valence-corrected chi connectivity index (χ3v) is 6.33. The molecule has 2 aromatic heterocycles. The standard InChI is InChI=1S/C21H20FN5O3S/c22-17-11-14(5-6-18(17)27-31(29,30)10-2-1-8-23)16-12-19(26-21(28)13-3-4-13)25-20-15(16)7-9-24-20/h5-7,9,11-13,27H,1-4,10H2,(H2,24,25,26,28). The molecule has 0 spiro atoms. The summed E-state index contributed by atoms with van der Waals surface area (Å²) in [6, 6.07) is 9.55. The Bertz CT molecular complexity index is 1290. The van der Waals surface area contributed by atoms with Gasteiger partial charge in [-0.25, -0.2) is 17.8 Å². The number of fused-ring (bicyclic) bond motifs is 1. The van der Waals surface area contributed by atoms with Crippen LogP contribution in [-0.2, 0) is 14.8 Å². The predicted octanol–water partition coefficient (Wildman–Crippen LogP) is 3.76. The molecule has 1 amide bonds. The lowest BCUT2D eigenvalue weighted by atomic mass is 10.0. The second kappa shape index (κ2) is 8.35. The summed E-state index contributed by atoms with van der Waals surface area (Å²) in [4.78, 5) is 19.5. The van der Waals surface area contributed by atoms with E-state index in [2.05, 4.69) is 20.0 Å². The zero-order valence-electron chi connectivity index (χ0n) is 16.5. The molecule has 4 rings (SSSR count). The average molecular weight is 441 g/mol. The zero-order chi connectivity index (χ0) is 22.0. The van der Waals surface area contributed by atoms with E-state index in [-0.39, 0.29) is 36.1 Å². The number of hydrogen-bond acceptors (Lipinski definition) is 5. The zero-order valence-corrected chi connectivity index (χ0v) is 17.3. The molecule has 0 aliphatic heterocycles. The molecular weight excluding hydrogens is 421 g/mol. The first-order valence-electron chi connectivity index (χ1n) is 9.82. The highest BCUT2D eigenvalue weighted by molar-refractivity contribution is 7.92. The number of nitrogens with one attached hydrogen (secondary N) is 3. The van der Waals surface area contributed by atoms with Crippen molar-refractivity contribution in [3.63, 3.8) is 0 Å². The van der Waals surface area contributed by atoms with Gasteiger partial charge >= 0.3 is 0 Å². The van der Waals surface area contributed by atoms with Gasteiger partial charge in [-0.15, -0.1) is 0 Å². The number of nitrogens with zero attached hydrogens (tertiary/aromatic N) is 2. The van der Waals surface area contributed by atoms with Crippen molar-refractivity contribution in [2.24, 2.45) is 5.92 Å². The van der Waals surface area contributed by atoms with Crippen LogP contribution in [0.2, 0.25) is 0 Å². The van der Waals surface area contributed by atoms with Gasteiger partial charge < -0.3 is 10.3 Å². The molecule has 0 atom stereocenters. The third kappa shape index (κ3) is 4.83. The number of anilines is 2. The minimum Gasteiger partial charge on any atom is -0.346 e. The van der Waals surface area contributed by atoms with Gasteiger partial charge in [0.05, 0.1) is 17.5 Å². The number of unbranched alkanes of at least 4 members (excludes halogenated alkanes) is 1. The van der Waals surface area contributed by atoms with E-state index >= 15 is 0 Å². The van der Waals surface area contributed by atoms with Crippen LogP contribution in [0.1, 0.15) is 25.7 Å². The van der Waals surface area contributed by atoms with Gasteiger partial charge in [0, 0.05) is 23.9 Å². The van der Waals surface area contributed by atoms with Gasteiger partial charge in [0.15, 0.2) is 0 Å². The highest BCUT2D eigenvalue weighted by Gasteiger charge is 2.30. The van der Waals surface area contributed by atoms with Gasteiger partial charge in [-0.2, -0.15) is 5.26 Å². The van der Waals surface area contributed by atoms with E-state index in [1.54, 1.807) is 24.4 Å². The van der Waals surface area contributed by atoms with E-state index in [0.29, 0.717) is 22.6 Å². The van der Waals surface area contributed by atoms with Crippen molar-refractivity contribution in [2.45, 2.75) is 25.7 Å². The van der Waals surface area contributed by atoms with Crippen LogP contribution in [0, 0.1) is 23.1 Å². The van der Waals surface area contributed by atoms with Gasteiger partial charge in [-0.05, 0) is 54.7 Å². The number of H-pyrrole nitrogens is 1. The monoisotopic (exact) mass is 441 g/mol. The number of halogens is 1. The Morgan fingerprint density at radius 2 is 2.10 bits per heavy atom. The number of pyridine rings is 1. The SMILES string of the molecule is N#CCCCS(=O)(=O)Nc1ccc(-c2cc(NC(=O)C3CC3)nc3[nH]ccc23)cc1F. The van der Waals surface area contributed by atoms with E-state index in [9.17, 15) is 17.6 Å². The molecule has 160 valence electrons. The lowest BCUT2D eigenvalue weighted by Gasteiger charge is -2.12. The van der Waals surface area contributed by atoms with E-state index in [0.717, 1.165) is 18.2 Å². The molecule has 0 unspecified atom stereocenters. The fourth-order valence-electron chi connectivity index (χ4n) is 3.24. The second-order valence-electron chi connectivity index (χ2n) is 7.44. The molecular formula is C21H20FN5O3S. The molecule has 0 bridgehead atoms. The maximum atomic E-state index is 14.7. The number of nitriles is 1. The Balaban J connectivity index is 1.62. The van der Waals surface area contributed by atoms with Crippen LogP contribution in [0.25, 0.3) is 22.2 Å². The van der Waals surface area contributed by atoms with Crippen molar-refractivity contribution in [3.8, 4) is 17.2 Å². The first kappa shape index (κ1) is 20.8. The Morgan fingerprint density at radius 1 is 1.29 bits per heavy atom. The lowest BCUT2D eigenvalue weighted by molar-refractivity contribution is -0.117. The normalized spacial score (nSPS) is 13.7. The average Bonchev–Trinajstić information content (AvgIpc) is 3.47. The van der Waals surface area contributed by atoms with Crippen LogP contribution < -0.4 is 10.0 Å². The van der Waals surface area contributed by atoms with E-state index in [1.807, 2.05) is 6.07 Å². The summed E-state index contributed by atoms with van der Waals surface area (Å²) in [5, 5.41) is 12.1. The minimum absolute atomic E-state index is 0.0162. The van der Waals surface area contributed by atoms with Crippen LogP contribution in [0.15, 0.2) is 36.5 Å². The maximum absolute atomic E-state index is 14.7. The molecule has 2 heterocycles. The van der Waals surface area contributed by atoms with Crippen molar-refractivity contribution in [1.29, 1.82) is 5.26 Å². The van der Waals surface area contributed by atoms with Crippen LogP contribution in [0.4, 0.5) is 15.9 Å². The maximum Gasteiger partial charge on any atom is 0.232 e. The Hall–Kier alpha value is -3.45. The van der Waals surface area contributed by atoms with Crippen molar-refractivity contribution in [3.05, 3.63) is 42.3 Å². The molecule has 3 N–H and O–H groups in total. The number of aromatic nitrogens is 2. The molecule has 3 aromatic rings. The van der Waals surface area contributed by atoms with Crippen molar-refractivity contribution >= 4 is 38.5 Å². The van der Waals surface area contributed by atoms with Crippen LogP contribution >= 0.6 is 0 Å². The van der Waals surface area contributed by atoms with Crippen molar-refractivity contribution < 1.29 is 17.6 Å². The number of carbonyl (C=O) groups is 1. The molecule has 1 saturated carbocycles. The van der Waals surface area contributed by atoms with E-state index < -0.39 is 15.8 Å². The summed E-state index contributed by atoms with van der Waals surface area (Å²) >= 11 is 0. The summed E-state index contributed by atoms with van der Waals surface area (Å²) in [5.74, 6) is -0.700. The van der Waals surface area contributed by atoms with Crippen molar-refractivity contribution in [1.82, 2.24) is 9.97 Å². The van der Waals surface area contributed by atoms with Gasteiger partial charge in [0.1, 0.15) is 17.3 Å². The van der Waals surface area contributed by atoms with Crippen LogP contribution in [0.5, 0.6) is 0 Å². The summed E-state index contributed by atoms with van der Waals surface area (Å²) in [6.45, 7) is 0. The summed E-state index contributed by atoms with van der Waals surface area (Å²) in [6.07, 6.45) is 3.71. The number of carbonyl (C=O) groups excluding carboxylic acids is 1. The van der Waals surface area contributed by atoms with Gasteiger partial charge in [0.25, 0.3) is 0 Å². The Morgan fingerprint density at radius 3 is 2.81 bits per heavy atom. The Labute approximate surface area is 178 Å². The number of rotatable bonds is 8. The molecule has 31 heavy (non-hydrogen) atoms. The fourth-order valence-corrected chi connectivity index (χ4v) is 4.37. The fraction of sp³-hybridized carbons (Fsp3) is 0.286. The number of aromatic amines is 1. The third-order valence-electron chi connectivity index (χ3n) is 4.98. The van der Waals surface area contributed by atoms with Gasteiger partial charge in [-0.3, -0.25) is 9.52 Å². The van der Waals surface area contributed by atoms with Crippen LogP contribution in [0.3, 0.4) is 0 Å².